The van der Waals surface area contributed by atoms with Gasteiger partial charge in [0.15, 0.2) is 0 Å². The summed E-state index contributed by atoms with van der Waals surface area (Å²) in [6.07, 6.45) is -0.734. The second-order valence-corrected chi connectivity index (χ2v) is 4.48. The molecule has 0 aromatic carbocycles. The fraction of sp³-hybridized carbons (Fsp3) is 0.583. The van der Waals surface area contributed by atoms with Crippen LogP contribution in [-0.2, 0) is 19.2 Å². The van der Waals surface area contributed by atoms with Crippen molar-refractivity contribution < 1.29 is 34.2 Å². The van der Waals surface area contributed by atoms with Gasteiger partial charge in [-0.2, -0.15) is 0 Å². The fourth-order valence-electron chi connectivity index (χ4n) is 1.41. The van der Waals surface area contributed by atoms with E-state index >= 15 is 0 Å². The average Bonchev–Trinajstić information content (AvgIpc) is 2.47. The van der Waals surface area contributed by atoms with Gasteiger partial charge in [-0.15, -0.1) is 0 Å². The summed E-state index contributed by atoms with van der Waals surface area (Å²) in [6.45, 7) is -0.0579. The van der Waals surface area contributed by atoms with Crippen LogP contribution in [0.25, 0.3) is 0 Å². The molecule has 0 spiro atoms. The minimum absolute atomic E-state index is 0.00180. The third-order valence-electron chi connectivity index (χ3n) is 2.57. The first kappa shape index (κ1) is 20.3. The topological polar surface area (TPSA) is 188 Å². The Hall–Kier alpha value is -2.69. The van der Waals surface area contributed by atoms with Gasteiger partial charge in [-0.05, 0) is 0 Å². The Kier molecular flexibility index (Phi) is 9.67. The molecule has 11 heteroatoms. The van der Waals surface area contributed by atoms with E-state index in [4.69, 9.17) is 15.9 Å². The molecule has 0 aliphatic carbocycles. The maximum atomic E-state index is 11.4. The van der Waals surface area contributed by atoms with Gasteiger partial charge in [-0.1, -0.05) is 0 Å². The first-order chi connectivity index (χ1) is 10.8. The Morgan fingerprint density at radius 3 is 2.09 bits per heavy atom. The number of hydrogen-bond donors (Lipinski definition) is 6. The largest absolute Gasteiger partial charge is 0.481 e. The number of rotatable bonds is 11. The summed E-state index contributed by atoms with van der Waals surface area (Å²) in [6, 6.07) is -2.42. The molecular formula is C12H20N4O7. The van der Waals surface area contributed by atoms with Crippen LogP contribution >= 0.6 is 0 Å². The molecule has 0 fully saturated rings. The minimum atomic E-state index is -1.55. The van der Waals surface area contributed by atoms with Crippen LogP contribution in [-0.4, -0.2) is 65.5 Å². The van der Waals surface area contributed by atoms with Crippen molar-refractivity contribution >= 4 is 29.7 Å². The number of Topliss-reactive ketones (excluding diaryl/α,β-unsaturated/α-hetero) is 1. The first-order valence-corrected chi connectivity index (χ1v) is 6.73. The number of carboxylic acid groups (broad SMARTS) is 2. The zero-order chi connectivity index (χ0) is 17.8. The lowest BCUT2D eigenvalue weighted by Crippen LogP contribution is -2.48. The van der Waals surface area contributed by atoms with Crippen LogP contribution in [0.15, 0.2) is 0 Å². The SMILES string of the molecule is NCC(=O)CCC(=O)NCCNC(=O)N[C@@H](CC(=O)O)C(=O)O. The zero-order valence-corrected chi connectivity index (χ0v) is 12.3. The number of ketones is 1. The van der Waals surface area contributed by atoms with Crippen molar-refractivity contribution in [2.24, 2.45) is 5.73 Å². The number of carbonyl (C=O) groups excluding carboxylic acids is 3. The van der Waals surface area contributed by atoms with Crippen LogP contribution in [0.5, 0.6) is 0 Å². The van der Waals surface area contributed by atoms with Crippen LogP contribution in [0.1, 0.15) is 19.3 Å². The van der Waals surface area contributed by atoms with E-state index in [0.717, 1.165) is 0 Å². The van der Waals surface area contributed by atoms with Gasteiger partial charge >= 0.3 is 18.0 Å². The molecule has 0 aliphatic rings. The van der Waals surface area contributed by atoms with Gasteiger partial charge in [0.05, 0.1) is 13.0 Å². The van der Waals surface area contributed by atoms with Crippen molar-refractivity contribution in [1.29, 1.82) is 0 Å². The van der Waals surface area contributed by atoms with Gasteiger partial charge in [-0.3, -0.25) is 14.4 Å². The third-order valence-corrected chi connectivity index (χ3v) is 2.57. The van der Waals surface area contributed by atoms with Crippen molar-refractivity contribution in [2.75, 3.05) is 19.6 Å². The van der Waals surface area contributed by atoms with Gasteiger partial charge < -0.3 is 31.9 Å². The summed E-state index contributed by atoms with van der Waals surface area (Å²) in [5.41, 5.74) is 5.09. The maximum Gasteiger partial charge on any atom is 0.326 e. The molecule has 0 heterocycles. The number of urea groups is 1. The van der Waals surface area contributed by atoms with Crippen molar-refractivity contribution in [3.63, 3.8) is 0 Å². The molecular weight excluding hydrogens is 312 g/mol. The van der Waals surface area contributed by atoms with Crippen molar-refractivity contribution in [3.8, 4) is 0 Å². The van der Waals surface area contributed by atoms with Gasteiger partial charge in [0.2, 0.25) is 5.91 Å². The highest BCUT2D eigenvalue weighted by atomic mass is 16.4. The molecule has 3 amide bonds. The molecule has 0 aromatic rings. The normalized spacial score (nSPS) is 11.2. The van der Waals surface area contributed by atoms with Crippen LogP contribution in [0.2, 0.25) is 0 Å². The van der Waals surface area contributed by atoms with Crippen molar-refractivity contribution in [1.82, 2.24) is 16.0 Å². The monoisotopic (exact) mass is 332 g/mol. The molecule has 0 aliphatic heterocycles. The summed E-state index contributed by atoms with van der Waals surface area (Å²) in [5, 5.41) is 23.9. The molecule has 130 valence electrons. The molecule has 0 saturated heterocycles. The average molecular weight is 332 g/mol. The lowest BCUT2D eigenvalue weighted by atomic mass is 10.2. The smallest absolute Gasteiger partial charge is 0.326 e. The summed E-state index contributed by atoms with van der Waals surface area (Å²) in [5.74, 6) is -3.46. The van der Waals surface area contributed by atoms with E-state index in [-0.39, 0.29) is 44.2 Å². The highest BCUT2D eigenvalue weighted by molar-refractivity contribution is 5.86. The Balaban J connectivity index is 3.93. The highest BCUT2D eigenvalue weighted by Crippen LogP contribution is 1.92. The quantitative estimate of drug-likeness (QED) is 0.226. The molecule has 0 radical (unpaired) electrons. The van der Waals surface area contributed by atoms with Crippen molar-refractivity contribution in [3.05, 3.63) is 0 Å². The third kappa shape index (κ3) is 10.6. The van der Waals surface area contributed by atoms with Crippen LogP contribution in [0, 0.1) is 0 Å². The lowest BCUT2D eigenvalue weighted by molar-refractivity contribution is -0.145. The molecule has 0 bridgehead atoms. The predicted molar refractivity (Wildman–Crippen MR) is 76.5 cm³/mol. The van der Waals surface area contributed by atoms with E-state index < -0.39 is 30.4 Å². The van der Waals surface area contributed by atoms with E-state index in [9.17, 15) is 24.0 Å². The molecule has 0 aromatic heterocycles. The van der Waals surface area contributed by atoms with E-state index in [1.807, 2.05) is 5.32 Å². The van der Waals surface area contributed by atoms with Gasteiger partial charge in [0.25, 0.3) is 0 Å². The fourth-order valence-corrected chi connectivity index (χ4v) is 1.41. The number of carboxylic acids is 2. The van der Waals surface area contributed by atoms with E-state index in [0.29, 0.717) is 0 Å². The molecule has 1 atom stereocenters. The molecule has 0 rings (SSSR count). The highest BCUT2D eigenvalue weighted by Gasteiger charge is 2.22. The van der Waals surface area contributed by atoms with Gasteiger partial charge in [0.1, 0.15) is 11.8 Å². The predicted octanol–water partition coefficient (Wildman–Crippen LogP) is -2.36. The number of amides is 3. The number of carbonyl (C=O) groups is 5. The Bertz CT molecular complexity index is 466. The van der Waals surface area contributed by atoms with E-state index in [2.05, 4.69) is 10.6 Å². The molecule has 0 saturated carbocycles. The maximum absolute atomic E-state index is 11.4. The summed E-state index contributed by atoms with van der Waals surface area (Å²) < 4.78 is 0. The molecule has 0 unspecified atom stereocenters. The Morgan fingerprint density at radius 1 is 0.957 bits per heavy atom. The Labute approximate surface area is 131 Å². The Morgan fingerprint density at radius 2 is 1.57 bits per heavy atom. The standard InChI is InChI=1S/C12H20N4O7/c13-6-7(17)1-2-9(18)14-3-4-15-12(23)16-8(11(21)22)5-10(19)20/h8H,1-6,13H2,(H,14,18)(H,19,20)(H,21,22)(H2,15,16,23)/t8-/m0/s1. The minimum Gasteiger partial charge on any atom is -0.481 e. The molecule has 7 N–H and O–H groups in total. The van der Waals surface area contributed by atoms with Gasteiger partial charge in [0, 0.05) is 25.9 Å². The lowest BCUT2D eigenvalue weighted by Gasteiger charge is -2.13. The van der Waals surface area contributed by atoms with Crippen LogP contribution < -0.4 is 21.7 Å². The second kappa shape index (κ2) is 11.0. The molecule has 23 heavy (non-hydrogen) atoms. The summed E-state index contributed by atoms with van der Waals surface area (Å²) in [7, 11) is 0. The van der Waals surface area contributed by atoms with E-state index in [1.54, 1.807) is 0 Å². The number of nitrogens with one attached hydrogen (secondary N) is 3. The number of hydrogen-bond acceptors (Lipinski definition) is 6. The van der Waals surface area contributed by atoms with Gasteiger partial charge in [-0.25, -0.2) is 9.59 Å². The summed E-state index contributed by atoms with van der Waals surface area (Å²) >= 11 is 0. The van der Waals surface area contributed by atoms with Crippen LogP contribution in [0.4, 0.5) is 4.79 Å². The van der Waals surface area contributed by atoms with Crippen LogP contribution in [0.3, 0.4) is 0 Å². The number of aliphatic carboxylic acids is 2. The first-order valence-electron chi connectivity index (χ1n) is 6.73. The van der Waals surface area contributed by atoms with E-state index in [1.165, 1.54) is 0 Å². The van der Waals surface area contributed by atoms with Crippen molar-refractivity contribution in [2.45, 2.75) is 25.3 Å². The summed E-state index contributed by atoms with van der Waals surface area (Å²) in [4.78, 5) is 54.8. The second-order valence-electron chi connectivity index (χ2n) is 4.48. The zero-order valence-electron chi connectivity index (χ0n) is 12.3. The number of nitrogens with two attached hydrogens (primary N) is 1. The molecule has 11 nitrogen and oxygen atoms in total.